The largest absolute Gasteiger partial charge is 0.489 e. The van der Waals surface area contributed by atoms with Gasteiger partial charge >= 0.3 is 5.97 Å². The first-order valence-corrected chi connectivity index (χ1v) is 9.74. The molecular formula is C20H24N2O3S2. The smallest absolute Gasteiger partial charge is 0.337 e. The quantitative estimate of drug-likeness (QED) is 0.170. The number of hydrogen-bond acceptors (Lipinski definition) is 6. The number of hydrogen-bond donors (Lipinski definition) is 1. The molecule has 1 N–H and O–H groups in total. The van der Waals surface area contributed by atoms with Gasteiger partial charge in [0, 0.05) is 0 Å². The summed E-state index contributed by atoms with van der Waals surface area (Å²) in [4.78, 5) is 11.4. The van der Waals surface area contributed by atoms with Crippen molar-refractivity contribution in [3.63, 3.8) is 0 Å². The van der Waals surface area contributed by atoms with Crippen LogP contribution < -0.4 is 5.43 Å². The Kier molecular flexibility index (Phi) is 10.1. The molecule has 0 saturated carbocycles. The molecule has 0 radical (unpaired) electrons. The number of nitrogens with zero attached hydrogens (tertiary/aromatic N) is 1. The van der Waals surface area contributed by atoms with Gasteiger partial charge in [-0.15, -0.1) is 0 Å². The molecule has 0 aliphatic rings. The maximum atomic E-state index is 11.4. The van der Waals surface area contributed by atoms with Crippen LogP contribution >= 0.6 is 24.0 Å². The maximum Gasteiger partial charge on any atom is 0.337 e. The van der Waals surface area contributed by atoms with E-state index in [-0.39, 0.29) is 5.97 Å². The number of nitrogens with one attached hydrogen (secondary N) is 1. The van der Waals surface area contributed by atoms with Crippen molar-refractivity contribution in [2.24, 2.45) is 5.10 Å². The lowest BCUT2D eigenvalue weighted by molar-refractivity contribution is 0.0600. The van der Waals surface area contributed by atoms with E-state index in [0.29, 0.717) is 22.3 Å². The van der Waals surface area contributed by atoms with E-state index in [2.05, 4.69) is 21.8 Å². The number of rotatable bonds is 8. The minimum atomic E-state index is -0.362. The summed E-state index contributed by atoms with van der Waals surface area (Å²) in [6.07, 6.45) is 7.26. The molecule has 0 fully saturated rings. The fourth-order valence-corrected chi connectivity index (χ4v) is 1.97. The Bertz CT molecular complexity index is 766. The predicted molar refractivity (Wildman–Crippen MR) is 117 cm³/mol. The van der Waals surface area contributed by atoms with Crippen molar-refractivity contribution in [3.05, 3.63) is 71.5 Å². The summed E-state index contributed by atoms with van der Waals surface area (Å²) in [6.45, 7) is 7.98. The Morgan fingerprint density at radius 3 is 2.52 bits per heavy atom. The van der Waals surface area contributed by atoms with Crippen LogP contribution in [0.4, 0.5) is 0 Å². The van der Waals surface area contributed by atoms with Crippen LogP contribution in [-0.4, -0.2) is 29.4 Å². The number of methoxy groups -OCH3 is 1. The number of allylic oxidation sites excluding steroid dienone is 4. The highest BCUT2D eigenvalue weighted by Crippen LogP contribution is 2.11. The van der Waals surface area contributed by atoms with Crippen LogP contribution in [0.5, 0.6) is 0 Å². The van der Waals surface area contributed by atoms with Gasteiger partial charge in [0.1, 0.15) is 12.4 Å². The molecule has 0 amide bonds. The van der Waals surface area contributed by atoms with Crippen LogP contribution in [0.15, 0.2) is 65.5 Å². The monoisotopic (exact) mass is 404 g/mol. The minimum absolute atomic E-state index is 0.362. The molecule has 1 aromatic rings. The van der Waals surface area contributed by atoms with Gasteiger partial charge in [0.15, 0.2) is 4.32 Å². The maximum absolute atomic E-state index is 11.4. The number of benzene rings is 1. The Morgan fingerprint density at radius 2 is 1.96 bits per heavy atom. The molecule has 7 heteroatoms. The molecule has 0 heterocycles. The lowest BCUT2D eigenvalue weighted by atomic mass is 10.1. The van der Waals surface area contributed by atoms with Crippen LogP contribution in [-0.2, 0) is 16.1 Å². The second-order valence-corrected chi connectivity index (χ2v) is 6.88. The van der Waals surface area contributed by atoms with Crippen LogP contribution in [0.25, 0.3) is 0 Å². The van der Waals surface area contributed by atoms with E-state index in [1.165, 1.54) is 18.9 Å². The summed E-state index contributed by atoms with van der Waals surface area (Å²) in [7, 11) is 1.36. The van der Waals surface area contributed by atoms with Crippen LogP contribution in [0.1, 0.15) is 29.8 Å². The molecule has 0 aromatic heterocycles. The van der Waals surface area contributed by atoms with Crippen molar-refractivity contribution in [2.45, 2.75) is 20.5 Å². The van der Waals surface area contributed by atoms with Crippen molar-refractivity contribution in [2.75, 3.05) is 13.4 Å². The molecule has 5 nitrogen and oxygen atoms in total. The lowest BCUT2D eigenvalue weighted by Gasteiger charge is -2.07. The van der Waals surface area contributed by atoms with Gasteiger partial charge in [-0.2, -0.15) is 5.10 Å². The van der Waals surface area contributed by atoms with Gasteiger partial charge in [-0.1, -0.05) is 48.8 Å². The average Bonchev–Trinajstić information content (AvgIpc) is 2.71. The van der Waals surface area contributed by atoms with E-state index < -0.39 is 0 Å². The fourth-order valence-electron chi connectivity index (χ4n) is 1.79. The zero-order chi connectivity index (χ0) is 20.2. The highest BCUT2D eigenvalue weighted by atomic mass is 32.2. The number of hydrazone groups is 1. The predicted octanol–water partition coefficient (Wildman–Crippen LogP) is 4.62. The summed E-state index contributed by atoms with van der Waals surface area (Å²) in [5, 5.41) is 4.22. The van der Waals surface area contributed by atoms with E-state index in [0.717, 1.165) is 16.8 Å². The molecule has 0 aliphatic carbocycles. The summed E-state index contributed by atoms with van der Waals surface area (Å²) < 4.78 is 11.0. The molecule has 0 aliphatic heterocycles. The number of thiocarbonyl (C=S) groups is 1. The van der Waals surface area contributed by atoms with E-state index >= 15 is 0 Å². The summed E-state index contributed by atoms with van der Waals surface area (Å²) in [6, 6.07) is 7.06. The van der Waals surface area contributed by atoms with Gasteiger partial charge in [-0.3, -0.25) is 5.43 Å². The summed E-state index contributed by atoms with van der Waals surface area (Å²) in [5.74, 6) is 0.270. The third-order valence-corrected chi connectivity index (χ3v) is 4.60. The first-order chi connectivity index (χ1) is 12.9. The number of esters is 1. The van der Waals surface area contributed by atoms with Crippen molar-refractivity contribution in [1.82, 2.24) is 5.43 Å². The van der Waals surface area contributed by atoms with Gasteiger partial charge in [0.2, 0.25) is 0 Å². The van der Waals surface area contributed by atoms with Crippen LogP contribution in [0, 0.1) is 0 Å². The molecule has 144 valence electrons. The SMILES string of the molecule is C=C\C(=C/C=C(C)/C(C)=N/NC(=S)SC)OCc1ccc(C(=O)OC)cc1. The molecule has 1 rings (SSSR count). The highest BCUT2D eigenvalue weighted by molar-refractivity contribution is 8.22. The molecule has 0 unspecified atom stereocenters. The van der Waals surface area contributed by atoms with Gasteiger partial charge in [-0.05, 0) is 55.5 Å². The molecule has 27 heavy (non-hydrogen) atoms. The van der Waals surface area contributed by atoms with Crippen molar-refractivity contribution < 1.29 is 14.3 Å². The Labute approximate surface area is 170 Å². The van der Waals surface area contributed by atoms with Crippen molar-refractivity contribution >= 4 is 40.0 Å². The van der Waals surface area contributed by atoms with Gasteiger partial charge in [0.25, 0.3) is 0 Å². The zero-order valence-corrected chi connectivity index (χ0v) is 17.6. The van der Waals surface area contributed by atoms with Gasteiger partial charge in [0.05, 0.1) is 18.4 Å². The minimum Gasteiger partial charge on any atom is -0.489 e. The second-order valence-electron chi connectivity index (χ2n) is 5.40. The number of thioether (sulfide) groups is 1. The summed E-state index contributed by atoms with van der Waals surface area (Å²) >= 11 is 6.48. The summed E-state index contributed by atoms with van der Waals surface area (Å²) in [5.41, 5.74) is 6.04. The Balaban J connectivity index is 2.70. The molecule has 0 bridgehead atoms. The third-order valence-electron chi connectivity index (χ3n) is 3.55. The fraction of sp³-hybridized carbons (Fsp3) is 0.250. The van der Waals surface area contributed by atoms with Gasteiger partial charge < -0.3 is 9.47 Å². The van der Waals surface area contributed by atoms with Gasteiger partial charge in [-0.25, -0.2) is 4.79 Å². The van der Waals surface area contributed by atoms with E-state index in [9.17, 15) is 4.79 Å². The van der Waals surface area contributed by atoms with E-state index in [4.69, 9.17) is 17.0 Å². The molecule has 1 aromatic carbocycles. The third kappa shape index (κ3) is 8.23. The normalized spacial score (nSPS) is 12.4. The number of carbonyl (C=O) groups is 1. The second kappa shape index (κ2) is 12.1. The first-order valence-electron chi connectivity index (χ1n) is 8.11. The Morgan fingerprint density at radius 1 is 1.30 bits per heavy atom. The Hall–Kier alpha value is -2.38. The van der Waals surface area contributed by atoms with E-state index in [1.807, 2.05) is 44.4 Å². The molecule has 0 saturated heterocycles. The van der Waals surface area contributed by atoms with Crippen LogP contribution in [0.3, 0.4) is 0 Å². The lowest BCUT2D eigenvalue weighted by Crippen LogP contribution is -2.13. The van der Waals surface area contributed by atoms with Crippen LogP contribution in [0.2, 0.25) is 0 Å². The standard InChI is InChI=1S/C20H24N2O3S2/c1-6-18(12-7-14(2)15(3)21-22-20(26)27-5)25-13-16-8-10-17(11-9-16)19(23)24-4/h6-12H,1,13H2,2-5H3,(H,22,26)/b14-7+,18-12+,21-15+. The van der Waals surface area contributed by atoms with Crippen molar-refractivity contribution in [1.29, 1.82) is 0 Å². The first kappa shape index (κ1) is 22.7. The number of ether oxygens (including phenoxy) is 2. The highest BCUT2D eigenvalue weighted by Gasteiger charge is 2.04. The zero-order valence-electron chi connectivity index (χ0n) is 15.9. The average molecular weight is 405 g/mol. The van der Waals surface area contributed by atoms with Crippen molar-refractivity contribution in [3.8, 4) is 0 Å². The number of carbonyl (C=O) groups excluding carboxylic acids is 1. The topological polar surface area (TPSA) is 59.9 Å². The molecule has 0 spiro atoms. The molecular weight excluding hydrogens is 380 g/mol. The molecule has 0 atom stereocenters. The van der Waals surface area contributed by atoms with E-state index in [1.54, 1.807) is 18.2 Å².